The second-order valence-corrected chi connectivity index (χ2v) is 8.19. The van der Waals surface area contributed by atoms with Crippen molar-refractivity contribution in [2.24, 2.45) is 0 Å². The summed E-state index contributed by atoms with van der Waals surface area (Å²) in [5, 5.41) is 5.06. The van der Waals surface area contributed by atoms with Crippen molar-refractivity contribution in [1.29, 1.82) is 0 Å². The molecule has 29 heavy (non-hydrogen) atoms. The molecule has 5 nitrogen and oxygen atoms in total. The monoisotopic (exact) mass is 389 g/mol. The molecule has 0 saturated carbocycles. The molecule has 0 bridgehead atoms. The van der Waals surface area contributed by atoms with Gasteiger partial charge in [-0.25, -0.2) is 0 Å². The van der Waals surface area contributed by atoms with Crippen molar-refractivity contribution in [2.75, 3.05) is 26.7 Å². The van der Waals surface area contributed by atoms with Gasteiger partial charge < -0.3 is 19.9 Å². The Hall–Kier alpha value is -2.79. The first-order valence-corrected chi connectivity index (χ1v) is 10.4. The minimum Gasteiger partial charge on any atom is -0.497 e. The maximum atomic E-state index is 12.8. The molecule has 0 atom stereocenters. The van der Waals surface area contributed by atoms with Gasteiger partial charge in [0.15, 0.2) is 0 Å². The summed E-state index contributed by atoms with van der Waals surface area (Å²) in [6, 6.07) is 16.3. The van der Waals surface area contributed by atoms with Crippen LogP contribution in [0.15, 0.2) is 48.5 Å². The summed E-state index contributed by atoms with van der Waals surface area (Å²) in [7, 11) is 1.71. The predicted molar refractivity (Wildman–Crippen MR) is 114 cm³/mol. The zero-order valence-corrected chi connectivity index (χ0v) is 16.8. The van der Waals surface area contributed by atoms with Gasteiger partial charge in [-0.3, -0.25) is 4.79 Å². The maximum absolute atomic E-state index is 12.8. The zero-order valence-electron chi connectivity index (χ0n) is 16.8. The summed E-state index contributed by atoms with van der Waals surface area (Å²) in [5.74, 6) is 1.12. The van der Waals surface area contributed by atoms with E-state index in [1.54, 1.807) is 7.11 Å². The van der Waals surface area contributed by atoms with E-state index < -0.39 is 0 Å². The van der Waals surface area contributed by atoms with Crippen LogP contribution in [0.25, 0.3) is 10.9 Å². The normalized spacial score (nSPS) is 18.0. The largest absolute Gasteiger partial charge is 0.497 e. The van der Waals surface area contributed by atoms with E-state index in [2.05, 4.69) is 22.4 Å². The van der Waals surface area contributed by atoms with Crippen molar-refractivity contribution in [3.05, 3.63) is 65.4 Å². The van der Waals surface area contributed by atoms with Crippen molar-refractivity contribution >= 4 is 16.8 Å². The second kappa shape index (κ2) is 7.23. The number of hydrogen-bond acceptors (Lipinski definition) is 3. The lowest BCUT2D eigenvalue weighted by molar-refractivity contribution is -0.132. The summed E-state index contributed by atoms with van der Waals surface area (Å²) in [6.45, 7) is 2.54. The average Bonchev–Trinajstić information content (AvgIpc) is 3.14. The minimum atomic E-state index is -0.0661. The molecule has 0 aliphatic carbocycles. The fraction of sp³-hybridized carbons (Fsp3) is 0.375. The van der Waals surface area contributed by atoms with Crippen molar-refractivity contribution in [2.45, 2.75) is 31.2 Å². The smallest absolute Gasteiger partial charge is 0.226 e. The minimum absolute atomic E-state index is 0.0661. The molecule has 2 aliphatic rings. The van der Waals surface area contributed by atoms with E-state index in [1.807, 2.05) is 41.3 Å². The first-order valence-electron chi connectivity index (χ1n) is 10.4. The molecule has 2 aromatic carbocycles. The quantitative estimate of drug-likeness (QED) is 0.722. The highest BCUT2D eigenvalue weighted by Crippen LogP contribution is 2.40. The van der Waals surface area contributed by atoms with Crippen LogP contribution in [0.4, 0.5) is 0 Å². The molecular formula is C24H27N3O2. The van der Waals surface area contributed by atoms with E-state index in [0.717, 1.165) is 50.2 Å². The van der Waals surface area contributed by atoms with Crippen LogP contribution in [-0.2, 0) is 23.2 Å². The maximum Gasteiger partial charge on any atom is 0.226 e. The van der Waals surface area contributed by atoms with Crippen molar-refractivity contribution in [1.82, 2.24) is 15.2 Å². The summed E-state index contributed by atoms with van der Waals surface area (Å²) >= 11 is 0. The summed E-state index contributed by atoms with van der Waals surface area (Å²) in [5.41, 5.74) is 4.90. The van der Waals surface area contributed by atoms with Crippen molar-refractivity contribution in [3.8, 4) is 5.75 Å². The van der Waals surface area contributed by atoms with E-state index in [0.29, 0.717) is 6.42 Å². The third kappa shape index (κ3) is 3.19. The van der Waals surface area contributed by atoms with Crippen LogP contribution in [0.2, 0.25) is 0 Å². The standard InChI is InChI=1S/C24H27N3O2/c1-29-18-7-8-21-20(16-18)19-9-12-25-24(23(19)26-21)10-13-27(14-11-24)22(28)15-17-5-3-2-4-6-17/h2-8,16,25-26H,9-15H2,1H3. The van der Waals surface area contributed by atoms with Crippen LogP contribution in [0.5, 0.6) is 5.75 Å². The number of benzene rings is 2. The summed E-state index contributed by atoms with van der Waals surface area (Å²) in [4.78, 5) is 18.5. The fourth-order valence-electron chi connectivity index (χ4n) is 4.98. The number of amides is 1. The number of H-pyrrole nitrogens is 1. The zero-order chi connectivity index (χ0) is 19.8. The molecule has 2 N–H and O–H groups in total. The number of likely N-dealkylation sites (tertiary alicyclic amines) is 1. The molecular weight excluding hydrogens is 362 g/mol. The Morgan fingerprint density at radius 2 is 1.93 bits per heavy atom. The fourth-order valence-corrected chi connectivity index (χ4v) is 4.98. The Morgan fingerprint density at radius 3 is 2.69 bits per heavy atom. The number of piperidine rings is 1. The predicted octanol–water partition coefficient (Wildman–Crippen LogP) is 3.38. The van der Waals surface area contributed by atoms with E-state index in [-0.39, 0.29) is 11.4 Å². The number of aromatic amines is 1. The van der Waals surface area contributed by atoms with Crippen LogP contribution < -0.4 is 10.1 Å². The number of fused-ring (bicyclic) bond motifs is 4. The van der Waals surface area contributed by atoms with Crippen LogP contribution in [0.3, 0.4) is 0 Å². The number of hydrogen-bond donors (Lipinski definition) is 2. The number of carbonyl (C=O) groups excluding carboxylic acids is 1. The van der Waals surface area contributed by atoms with Gasteiger partial charge in [0.25, 0.3) is 0 Å². The molecule has 150 valence electrons. The average molecular weight is 389 g/mol. The lowest BCUT2D eigenvalue weighted by Gasteiger charge is -2.45. The third-order valence-electron chi connectivity index (χ3n) is 6.60. The highest BCUT2D eigenvalue weighted by molar-refractivity contribution is 5.87. The van der Waals surface area contributed by atoms with E-state index in [1.165, 1.54) is 22.2 Å². The topological polar surface area (TPSA) is 57.4 Å². The second-order valence-electron chi connectivity index (χ2n) is 8.19. The number of aromatic nitrogens is 1. The number of methoxy groups -OCH3 is 1. The van der Waals surface area contributed by atoms with Gasteiger partial charge in [-0.05, 0) is 48.6 Å². The number of ether oxygens (including phenoxy) is 1. The van der Waals surface area contributed by atoms with Crippen LogP contribution in [0, 0.1) is 0 Å². The summed E-state index contributed by atoms with van der Waals surface area (Å²) in [6.07, 6.45) is 3.37. The number of carbonyl (C=O) groups is 1. The third-order valence-corrected chi connectivity index (χ3v) is 6.60. The number of nitrogens with zero attached hydrogens (tertiary/aromatic N) is 1. The van der Waals surface area contributed by atoms with Crippen molar-refractivity contribution < 1.29 is 9.53 Å². The van der Waals surface area contributed by atoms with Crippen LogP contribution in [0.1, 0.15) is 29.7 Å². The van der Waals surface area contributed by atoms with Gasteiger partial charge in [-0.1, -0.05) is 30.3 Å². The molecule has 1 aromatic heterocycles. The lowest BCUT2D eigenvalue weighted by atomic mass is 9.79. The molecule has 5 heteroatoms. The van der Waals surface area contributed by atoms with Crippen LogP contribution in [-0.4, -0.2) is 42.5 Å². The van der Waals surface area contributed by atoms with Gasteiger partial charge in [0.1, 0.15) is 5.75 Å². The van der Waals surface area contributed by atoms with Gasteiger partial charge in [-0.2, -0.15) is 0 Å². The molecule has 0 unspecified atom stereocenters. The molecule has 5 rings (SSSR count). The van der Waals surface area contributed by atoms with Gasteiger partial charge in [0.2, 0.25) is 5.91 Å². The van der Waals surface area contributed by atoms with E-state index in [4.69, 9.17) is 4.74 Å². The first-order chi connectivity index (χ1) is 14.2. The molecule has 1 amide bonds. The molecule has 0 radical (unpaired) electrons. The SMILES string of the molecule is COc1ccc2[nH]c3c(c2c1)CCNC31CCN(C(=O)Cc2ccccc2)CC1. The Morgan fingerprint density at radius 1 is 1.14 bits per heavy atom. The Balaban J connectivity index is 1.37. The van der Waals surface area contributed by atoms with Crippen molar-refractivity contribution in [3.63, 3.8) is 0 Å². The number of rotatable bonds is 3. The lowest BCUT2D eigenvalue weighted by Crippen LogP contribution is -2.55. The first kappa shape index (κ1) is 18.3. The van der Waals surface area contributed by atoms with Gasteiger partial charge in [0.05, 0.1) is 19.1 Å². The summed E-state index contributed by atoms with van der Waals surface area (Å²) < 4.78 is 5.44. The molecule has 1 spiro atoms. The molecule has 2 aliphatic heterocycles. The van der Waals surface area contributed by atoms with Gasteiger partial charge in [0, 0.05) is 36.2 Å². The van der Waals surface area contributed by atoms with E-state index >= 15 is 0 Å². The van der Waals surface area contributed by atoms with E-state index in [9.17, 15) is 4.79 Å². The molecule has 3 heterocycles. The Labute approximate surface area is 171 Å². The van der Waals surface area contributed by atoms with Crippen LogP contribution >= 0.6 is 0 Å². The molecule has 1 fully saturated rings. The molecule has 1 saturated heterocycles. The van der Waals surface area contributed by atoms with Gasteiger partial charge >= 0.3 is 0 Å². The Kier molecular flexibility index (Phi) is 4.55. The highest BCUT2D eigenvalue weighted by Gasteiger charge is 2.42. The highest BCUT2D eigenvalue weighted by atomic mass is 16.5. The van der Waals surface area contributed by atoms with Gasteiger partial charge in [-0.15, -0.1) is 0 Å². The Bertz CT molecular complexity index is 1030. The molecule has 3 aromatic rings. The number of nitrogens with one attached hydrogen (secondary N) is 2.